The lowest BCUT2D eigenvalue weighted by Crippen LogP contribution is -2.68. The van der Waals surface area contributed by atoms with Gasteiger partial charge in [-0.15, -0.1) is 0 Å². The number of hydrogen-bond acceptors (Lipinski definition) is 3. The molecule has 2 saturated carbocycles. The summed E-state index contributed by atoms with van der Waals surface area (Å²) in [5.41, 5.74) is 0.197. The fraction of sp³-hybridized carbons (Fsp3) is 0.929. The molecule has 1 spiro atoms. The minimum Gasteiger partial charge on any atom is -0.329 e. The average molecular weight is 322 g/mol. The zero-order valence-corrected chi connectivity index (χ0v) is 13.0. The van der Waals surface area contributed by atoms with Crippen molar-refractivity contribution in [2.24, 2.45) is 5.41 Å². The minimum atomic E-state index is -4.73. The molecular formula is C14H21F3N2OS. The van der Waals surface area contributed by atoms with Gasteiger partial charge in [-0.2, -0.15) is 24.9 Å². The molecule has 2 aliphatic carbocycles. The standard InChI is InChI=1S/C14H21F3N2OS/c1-21-5-4-18-8-13(9-18)6-11(7-13)19(10-2-3-10)12(20)14(15,16)17/h10-11H,2-9H2,1H3. The second-order valence-corrected chi connectivity index (χ2v) is 7.69. The van der Waals surface area contributed by atoms with Crippen molar-refractivity contribution in [3.63, 3.8) is 0 Å². The Balaban J connectivity index is 1.52. The topological polar surface area (TPSA) is 23.6 Å². The summed E-state index contributed by atoms with van der Waals surface area (Å²) in [5.74, 6) is -0.524. The van der Waals surface area contributed by atoms with Gasteiger partial charge in [0.25, 0.3) is 0 Å². The first kappa shape index (κ1) is 15.5. The van der Waals surface area contributed by atoms with Crippen LogP contribution in [0.5, 0.6) is 0 Å². The van der Waals surface area contributed by atoms with Gasteiger partial charge in [-0.05, 0) is 37.4 Å². The van der Waals surface area contributed by atoms with Crippen LogP contribution in [-0.4, -0.2) is 65.6 Å². The van der Waals surface area contributed by atoms with Crippen LogP contribution in [0.1, 0.15) is 25.7 Å². The predicted octanol–water partition coefficient (Wildman–Crippen LogP) is 2.37. The molecule has 3 rings (SSSR count). The molecule has 1 saturated heterocycles. The lowest BCUT2D eigenvalue weighted by atomic mass is 9.60. The van der Waals surface area contributed by atoms with Gasteiger partial charge in [-0.25, -0.2) is 0 Å². The second-order valence-electron chi connectivity index (χ2n) is 6.71. The molecule has 0 bridgehead atoms. The lowest BCUT2D eigenvalue weighted by Gasteiger charge is -2.61. The van der Waals surface area contributed by atoms with Crippen molar-refractivity contribution in [1.29, 1.82) is 0 Å². The monoisotopic (exact) mass is 322 g/mol. The van der Waals surface area contributed by atoms with Gasteiger partial charge >= 0.3 is 12.1 Å². The van der Waals surface area contributed by atoms with Crippen molar-refractivity contribution in [2.75, 3.05) is 31.6 Å². The largest absolute Gasteiger partial charge is 0.471 e. The Morgan fingerprint density at radius 3 is 2.38 bits per heavy atom. The van der Waals surface area contributed by atoms with Crippen molar-refractivity contribution in [3.8, 4) is 0 Å². The molecule has 3 aliphatic rings. The number of amides is 1. The Hall–Kier alpha value is -0.430. The summed E-state index contributed by atoms with van der Waals surface area (Å²) in [6.07, 6.45) is 0.305. The quantitative estimate of drug-likeness (QED) is 0.776. The van der Waals surface area contributed by atoms with Crippen molar-refractivity contribution in [2.45, 2.75) is 43.9 Å². The van der Waals surface area contributed by atoms with E-state index in [9.17, 15) is 18.0 Å². The molecule has 0 unspecified atom stereocenters. The van der Waals surface area contributed by atoms with Crippen LogP contribution in [0.2, 0.25) is 0 Å². The maximum Gasteiger partial charge on any atom is 0.471 e. The van der Waals surface area contributed by atoms with Crippen LogP contribution >= 0.6 is 11.8 Å². The molecule has 0 radical (unpaired) electrons. The number of alkyl halides is 3. The molecular weight excluding hydrogens is 301 g/mol. The molecule has 1 heterocycles. The molecule has 0 aromatic rings. The van der Waals surface area contributed by atoms with Crippen LogP contribution < -0.4 is 0 Å². The average Bonchev–Trinajstić information content (AvgIpc) is 3.11. The smallest absolute Gasteiger partial charge is 0.329 e. The first-order valence-electron chi connectivity index (χ1n) is 7.45. The van der Waals surface area contributed by atoms with Gasteiger partial charge in [-0.1, -0.05) is 0 Å². The number of carbonyl (C=O) groups is 1. The fourth-order valence-electron chi connectivity index (χ4n) is 3.80. The summed E-state index contributed by atoms with van der Waals surface area (Å²) in [7, 11) is 0. The Kier molecular flexibility index (Phi) is 3.93. The maximum atomic E-state index is 12.7. The second kappa shape index (κ2) is 5.33. The normalized spacial score (nSPS) is 25.5. The van der Waals surface area contributed by atoms with E-state index in [-0.39, 0.29) is 17.5 Å². The molecule has 1 aliphatic heterocycles. The number of halogens is 3. The molecule has 3 fully saturated rings. The summed E-state index contributed by atoms with van der Waals surface area (Å²) in [6.45, 7) is 3.03. The van der Waals surface area contributed by atoms with Crippen molar-refractivity contribution >= 4 is 17.7 Å². The van der Waals surface area contributed by atoms with Gasteiger partial charge in [0.2, 0.25) is 0 Å². The number of carbonyl (C=O) groups excluding carboxylic acids is 1. The highest BCUT2D eigenvalue weighted by atomic mass is 32.2. The first-order chi connectivity index (χ1) is 9.85. The van der Waals surface area contributed by atoms with Gasteiger partial charge in [0.15, 0.2) is 0 Å². The fourth-order valence-corrected chi connectivity index (χ4v) is 4.25. The van der Waals surface area contributed by atoms with E-state index in [0.29, 0.717) is 0 Å². The molecule has 0 aromatic heterocycles. The number of rotatable bonds is 5. The summed E-state index contributed by atoms with van der Waals surface area (Å²) in [5, 5.41) is 0. The van der Waals surface area contributed by atoms with Crippen LogP contribution in [0.3, 0.4) is 0 Å². The number of nitrogens with zero attached hydrogens (tertiary/aromatic N) is 2. The van der Waals surface area contributed by atoms with Crippen LogP contribution in [0.25, 0.3) is 0 Å². The van der Waals surface area contributed by atoms with Gasteiger partial charge in [-0.3, -0.25) is 4.79 Å². The van der Waals surface area contributed by atoms with E-state index in [2.05, 4.69) is 11.2 Å². The van der Waals surface area contributed by atoms with Gasteiger partial charge in [0.1, 0.15) is 0 Å². The van der Waals surface area contributed by atoms with Crippen LogP contribution in [0.4, 0.5) is 13.2 Å². The maximum absolute atomic E-state index is 12.7. The summed E-state index contributed by atoms with van der Waals surface area (Å²) >= 11 is 1.81. The highest BCUT2D eigenvalue weighted by Gasteiger charge is 2.58. The molecule has 1 amide bonds. The van der Waals surface area contributed by atoms with Crippen molar-refractivity contribution in [3.05, 3.63) is 0 Å². The number of likely N-dealkylation sites (tertiary alicyclic amines) is 1. The van der Waals surface area contributed by atoms with Gasteiger partial charge in [0, 0.05) is 37.5 Å². The number of thioether (sulfide) groups is 1. The Morgan fingerprint density at radius 2 is 1.90 bits per heavy atom. The molecule has 7 heteroatoms. The van der Waals surface area contributed by atoms with E-state index < -0.39 is 12.1 Å². The first-order valence-corrected chi connectivity index (χ1v) is 8.85. The zero-order valence-electron chi connectivity index (χ0n) is 12.2. The summed E-state index contributed by atoms with van der Waals surface area (Å²) < 4.78 is 38.1. The van der Waals surface area contributed by atoms with Crippen LogP contribution in [0.15, 0.2) is 0 Å². The van der Waals surface area contributed by atoms with Crippen LogP contribution in [-0.2, 0) is 4.79 Å². The van der Waals surface area contributed by atoms with Gasteiger partial charge in [0.05, 0.1) is 0 Å². The Morgan fingerprint density at radius 1 is 1.29 bits per heavy atom. The molecule has 0 aromatic carbocycles. The Labute approximate surface area is 127 Å². The molecule has 3 nitrogen and oxygen atoms in total. The molecule has 0 atom stereocenters. The third kappa shape index (κ3) is 3.04. The van der Waals surface area contributed by atoms with E-state index in [0.717, 1.165) is 56.0 Å². The highest BCUT2D eigenvalue weighted by Crippen LogP contribution is 2.52. The number of hydrogen-bond donors (Lipinski definition) is 0. The van der Waals surface area contributed by atoms with E-state index in [1.807, 2.05) is 11.8 Å². The van der Waals surface area contributed by atoms with Crippen molar-refractivity contribution < 1.29 is 18.0 Å². The molecule has 21 heavy (non-hydrogen) atoms. The summed E-state index contributed by atoms with van der Waals surface area (Å²) in [6, 6.07) is -0.344. The van der Waals surface area contributed by atoms with Crippen LogP contribution in [0, 0.1) is 5.41 Å². The zero-order chi connectivity index (χ0) is 15.3. The van der Waals surface area contributed by atoms with E-state index in [4.69, 9.17) is 0 Å². The third-order valence-electron chi connectivity index (χ3n) is 4.88. The highest BCUT2D eigenvalue weighted by molar-refractivity contribution is 7.98. The SMILES string of the molecule is CSCCN1CC2(CC(N(C(=O)C(F)(F)F)C3CC3)C2)C1. The minimum absolute atomic E-state index is 0.158. The van der Waals surface area contributed by atoms with E-state index in [1.54, 1.807) is 0 Å². The lowest BCUT2D eigenvalue weighted by molar-refractivity contribution is -0.197. The third-order valence-corrected chi connectivity index (χ3v) is 5.47. The molecule has 0 N–H and O–H groups in total. The van der Waals surface area contributed by atoms with E-state index >= 15 is 0 Å². The molecule has 120 valence electrons. The van der Waals surface area contributed by atoms with E-state index in [1.165, 1.54) is 0 Å². The van der Waals surface area contributed by atoms with Crippen molar-refractivity contribution in [1.82, 2.24) is 9.80 Å². The predicted molar refractivity (Wildman–Crippen MR) is 76.2 cm³/mol. The van der Waals surface area contributed by atoms with Gasteiger partial charge < -0.3 is 9.80 Å². The summed E-state index contributed by atoms with van der Waals surface area (Å²) in [4.78, 5) is 15.1. The Bertz CT molecular complexity index is 411.